The fourth-order valence-electron chi connectivity index (χ4n) is 1.73. The highest BCUT2D eigenvalue weighted by Crippen LogP contribution is 2.35. The van der Waals surface area contributed by atoms with Crippen LogP contribution in [0.2, 0.25) is 0 Å². The third-order valence-corrected chi connectivity index (χ3v) is 3.58. The molecule has 0 bridgehead atoms. The van der Waals surface area contributed by atoms with Crippen molar-refractivity contribution in [1.29, 1.82) is 0 Å². The van der Waals surface area contributed by atoms with Gasteiger partial charge in [-0.3, -0.25) is 0 Å². The molecule has 1 atom stereocenters. The molecular formula is C14H23BrN2O2. The van der Waals surface area contributed by atoms with Crippen molar-refractivity contribution in [2.45, 2.75) is 25.9 Å². The van der Waals surface area contributed by atoms with Gasteiger partial charge in [0.1, 0.15) is 0 Å². The molecular weight excluding hydrogens is 308 g/mol. The highest BCUT2D eigenvalue weighted by atomic mass is 79.9. The molecule has 1 rings (SSSR count). The van der Waals surface area contributed by atoms with Gasteiger partial charge < -0.3 is 20.1 Å². The predicted molar refractivity (Wildman–Crippen MR) is 81.8 cm³/mol. The summed E-state index contributed by atoms with van der Waals surface area (Å²) in [7, 11) is 5.71. The minimum atomic E-state index is 0.145. The molecule has 4 nitrogen and oxygen atoms in total. The van der Waals surface area contributed by atoms with Crippen LogP contribution in [0.15, 0.2) is 16.6 Å². The maximum Gasteiger partial charge on any atom is 0.172 e. The van der Waals surface area contributed by atoms with Crippen LogP contribution in [0.4, 0.5) is 0 Å². The molecule has 0 saturated carbocycles. The van der Waals surface area contributed by atoms with E-state index in [1.54, 1.807) is 7.11 Å². The number of phenols is 1. The zero-order valence-corrected chi connectivity index (χ0v) is 13.6. The van der Waals surface area contributed by atoms with Gasteiger partial charge in [-0.15, -0.1) is 0 Å². The van der Waals surface area contributed by atoms with Crippen molar-refractivity contribution >= 4 is 15.9 Å². The van der Waals surface area contributed by atoms with Gasteiger partial charge in [-0.25, -0.2) is 0 Å². The molecule has 0 radical (unpaired) electrons. The lowest BCUT2D eigenvalue weighted by Crippen LogP contribution is -2.29. The summed E-state index contributed by atoms with van der Waals surface area (Å²) < 4.78 is 5.79. The molecule has 1 aromatic carbocycles. The first-order valence-electron chi connectivity index (χ1n) is 6.37. The molecule has 0 amide bonds. The SMILES string of the molecule is COc1cc(CNC(C)CCN(C)C)cc(Br)c1O. The maximum absolute atomic E-state index is 9.75. The largest absolute Gasteiger partial charge is 0.503 e. The molecule has 0 fully saturated rings. The lowest BCUT2D eigenvalue weighted by atomic mass is 10.1. The van der Waals surface area contributed by atoms with E-state index in [4.69, 9.17) is 4.74 Å². The molecule has 0 heterocycles. The minimum absolute atomic E-state index is 0.145. The lowest BCUT2D eigenvalue weighted by Gasteiger charge is -2.17. The zero-order valence-electron chi connectivity index (χ0n) is 12.0. The number of hydrogen-bond acceptors (Lipinski definition) is 4. The number of nitrogens with one attached hydrogen (secondary N) is 1. The van der Waals surface area contributed by atoms with Crippen LogP contribution in [0.5, 0.6) is 11.5 Å². The van der Waals surface area contributed by atoms with Crippen molar-refractivity contribution < 1.29 is 9.84 Å². The Morgan fingerprint density at radius 1 is 1.42 bits per heavy atom. The second-order valence-corrected chi connectivity index (χ2v) is 5.86. The first-order valence-corrected chi connectivity index (χ1v) is 7.16. The van der Waals surface area contributed by atoms with Gasteiger partial charge >= 0.3 is 0 Å². The van der Waals surface area contributed by atoms with Crippen LogP contribution >= 0.6 is 15.9 Å². The number of halogens is 1. The van der Waals surface area contributed by atoms with E-state index in [1.807, 2.05) is 12.1 Å². The number of aromatic hydroxyl groups is 1. The van der Waals surface area contributed by atoms with Crippen LogP contribution < -0.4 is 10.1 Å². The van der Waals surface area contributed by atoms with Crippen LogP contribution in [0, 0.1) is 0 Å². The topological polar surface area (TPSA) is 44.7 Å². The molecule has 1 unspecified atom stereocenters. The fraction of sp³-hybridized carbons (Fsp3) is 0.571. The number of nitrogens with zero attached hydrogens (tertiary/aromatic N) is 1. The molecule has 0 spiro atoms. The van der Waals surface area contributed by atoms with E-state index in [1.165, 1.54) is 0 Å². The first kappa shape index (κ1) is 16.3. The zero-order chi connectivity index (χ0) is 14.4. The van der Waals surface area contributed by atoms with Gasteiger partial charge in [0, 0.05) is 12.6 Å². The van der Waals surface area contributed by atoms with Gasteiger partial charge in [0.05, 0.1) is 11.6 Å². The molecule has 19 heavy (non-hydrogen) atoms. The number of hydrogen-bond donors (Lipinski definition) is 2. The molecule has 5 heteroatoms. The highest BCUT2D eigenvalue weighted by Gasteiger charge is 2.09. The Morgan fingerprint density at radius 3 is 2.68 bits per heavy atom. The maximum atomic E-state index is 9.75. The van der Waals surface area contributed by atoms with E-state index < -0.39 is 0 Å². The standard InChI is InChI=1S/C14H23BrN2O2/c1-10(5-6-17(2)3)16-9-11-7-12(15)14(18)13(8-11)19-4/h7-8,10,16,18H,5-6,9H2,1-4H3. The fourth-order valence-corrected chi connectivity index (χ4v) is 2.22. The average Bonchev–Trinajstić information content (AvgIpc) is 2.37. The lowest BCUT2D eigenvalue weighted by molar-refractivity contribution is 0.363. The van der Waals surface area contributed by atoms with Crippen LogP contribution in [-0.2, 0) is 6.54 Å². The third kappa shape index (κ3) is 5.38. The van der Waals surface area contributed by atoms with Gasteiger partial charge in [-0.1, -0.05) is 0 Å². The van der Waals surface area contributed by atoms with Crippen LogP contribution in [0.1, 0.15) is 18.9 Å². The van der Waals surface area contributed by atoms with E-state index in [0.717, 1.165) is 25.1 Å². The van der Waals surface area contributed by atoms with E-state index in [2.05, 4.69) is 47.2 Å². The monoisotopic (exact) mass is 330 g/mol. The molecule has 0 aliphatic rings. The second-order valence-electron chi connectivity index (χ2n) is 5.00. The molecule has 0 aromatic heterocycles. The number of methoxy groups -OCH3 is 1. The highest BCUT2D eigenvalue weighted by molar-refractivity contribution is 9.10. The van der Waals surface area contributed by atoms with Crippen molar-refractivity contribution in [3.8, 4) is 11.5 Å². The van der Waals surface area contributed by atoms with Crippen molar-refractivity contribution in [3.63, 3.8) is 0 Å². The van der Waals surface area contributed by atoms with Gasteiger partial charge in [0.2, 0.25) is 0 Å². The summed E-state index contributed by atoms with van der Waals surface area (Å²) in [4.78, 5) is 2.18. The molecule has 0 saturated heterocycles. The Labute approximate surface area is 123 Å². The van der Waals surface area contributed by atoms with Crippen LogP contribution in [0.25, 0.3) is 0 Å². The summed E-state index contributed by atoms with van der Waals surface area (Å²) in [6, 6.07) is 4.20. The quantitative estimate of drug-likeness (QED) is 0.806. The van der Waals surface area contributed by atoms with E-state index in [-0.39, 0.29) is 5.75 Å². The van der Waals surface area contributed by atoms with Crippen molar-refractivity contribution in [2.24, 2.45) is 0 Å². The Hall–Kier alpha value is -0.780. The van der Waals surface area contributed by atoms with E-state index in [0.29, 0.717) is 16.3 Å². The van der Waals surface area contributed by atoms with Gasteiger partial charge in [-0.2, -0.15) is 0 Å². The Morgan fingerprint density at radius 2 is 2.11 bits per heavy atom. The van der Waals surface area contributed by atoms with Gasteiger partial charge in [0.15, 0.2) is 11.5 Å². The average molecular weight is 331 g/mol. The molecule has 2 N–H and O–H groups in total. The van der Waals surface area contributed by atoms with Gasteiger partial charge in [-0.05, 0) is 67.6 Å². The number of rotatable bonds is 7. The van der Waals surface area contributed by atoms with Crippen LogP contribution in [-0.4, -0.2) is 43.8 Å². The number of benzene rings is 1. The summed E-state index contributed by atoms with van der Waals surface area (Å²) in [5, 5.41) is 13.2. The third-order valence-electron chi connectivity index (χ3n) is 2.97. The summed E-state index contributed by atoms with van der Waals surface area (Å²) in [6.45, 7) is 4.00. The van der Waals surface area contributed by atoms with E-state index in [9.17, 15) is 5.11 Å². The summed E-state index contributed by atoms with van der Waals surface area (Å²) in [5.74, 6) is 0.638. The molecule has 0 aliphatic carbocycles. The Kier molecular flexibility index (Phi) is 6.62. The van der Waals surface area contributed by atoms with Crippen molar-refractivity contribution in [3.05, 3.63) is 22.2 Å². The van der Waals surface area contributed by atoms with Crippen molar-refractivity contribution in [2.75, 3.05) is 27.7 Å². The smallest absolute Gasteiger partial charge is 0.172 e. The Bertz CT molecular complexity index is 411. The number of ether oxygens (including phenoxy) is 1. The van der Waals surface area contributed by atoms with Crippen molar-refractivity contribution in [1.82, 2.24) is 10.2 Å². The second kappa shape index (κ2) is 7.72. The summed E-state index contributed by atoms with van der Waals surface area (Å²) in [6.07, 6.45) is 1.10. The minimum Gasteiger partial charge on any atom is -0.503 e. The van der Waals surface area contributed by atoms with E-state index >= 15 is 0 Å². The summed E-state index contributed by atoms with van der Waals surface area (Å²) in [5.41, 5.74) is 1.08. The molecule has 108 valence electrons. The Balaban J connectivity index is 2.55. The van der Waals surface area contributed by atoms with Gasteiger partial charge in [0.25, 0.3) is 0 Å². The first-order chi connectivity index (χ1) is 8.93. The summed E-state index contributed by atoms with van der Waals surface area (Å²) >= 11 is 3.33. The predicted octanol–water partition coefficient (Wildman–Crippen LogP) is 2.59. The van der Waals surface area contributed by atoms with Crippen LogP contribution in [0.3, 0.4) is 0 Å². The number of phenolic OH excluding ortho intramolecular Hbond substituents is 1. The normalized spacial score (nSPS) is 12.7. The molecule has 0 aliphatic heterocycles. The molecule has 1 aromatic rings.